The van der Waals surface area contributed by atoms with Gasteiger partial charge in [-0.15, -0.1) is 0 Å². The minimum absolute atomic E-state index is 0.0617. The first kappa shape index (κ1) is 21.5. The fourth-order valence-electron chi connectivity index (χ4n) is 4.53. The van der Waals surface area contributed by atoms with Crippen LogP contribution in [0.3, 0.4) is 0 Å². The topological polar surface area (TPSA) is 72.3 Å². The van der Waals surface area contributed by atoms with Gasteiger partial charge in [-0.1, -0.05) is 17.7 Å². The van der Waals surface area contributed by atoms with Crippen LogP contribution in [0.2, 0.25) is 0 Å². The molecule has 0 aliphatic carbocycles. The maximum Gasteiger partial charge on any atom is 0.266 e. The number of nitrogens with zero attached hydrogens (tertiary/aromatic N) is 4. The zero-order valence-electron chi connectivity index (χ0n) is 18.1. The van der Waals surface area contributed by atoms with Crippen molar-refractivity contribution in [2.75, 3.05) is 18.4 Å². The maximum atomic E-state index is 13.5. The molecule has 1 aromatic heterocycles. The summed E-state index contributed by atoms with van der Waals surface area (Å²) >= 11 is 0. The summed E-state index contributed by atoms with van der Waals surface area (Å²) in [4.78, 5) is 19.0. The van der Waals surface area contributed by atoms with E-state index in [1.807, 2.05) is 36.1 Å². The molecule has 1 saturated heterocycles. The van der Waals surface area contributed by atoms with E-state index in [0.29, 0.717) is 31.2 Å². The zero-order valence-corrected chi connectivity index (χ0v) is 18.1. The number of likely N-dealkylation sites (tertiary alicyclic amines) is 1. The molecule has 2 aliphatic rings. The average molecular weight is 434 g/mol. The molecule has 31 heavy (non-hydrogen) atoms. The van der Waals surface area contributed by atoms with Crippen molar-refractivity contribution in [3.63, 3.8) is 0 Å². The number of hydrogen-bond acceptors (Lipinski definition) is 5. The number of fused-ring (bicyclic) bond motifs is 1. The molecule has 2 aliphatic heterocycles. The first-order valence-electron chi connectivity index (χ1n) is 10.7. The number of alkyl halides is 2. The number of nitrogens with one attached hydrogen (secondary N) is 1. The number of ether oxygens (including phenoxy) is 1. The van der Waals surface area contributed by atoms with Crippen LogP contribution in [0, 0.1) is 12.8 Å². The second-order valence-corrected chi connectivity index (χ2v) is 8.97. The highest BCUT2D eigenvalue weighted by atomic mass is 19.3. The van der Waals surface area contributed by atoms with E-state index in [1.54, 1.807) is 13.8 Å². The number of hydrogen-bond donors (Lipinski definition) is 1. The lowest BCUT2D eigenvalue weighted by Crippen LogP contribution is -2.53. The van der Waals surface area contributed by atoms with Gasteiger partial charge in [-0.2, -0.15) is 10.1 Å². The molecule has 1 N–H and O–H groups in total. The Balaban J connectivity index is 1.36. The summed E-state index contributed by atoms with van der Waals surface area (Å²) in [5.41, 5.74) is 0.143. The van der Waals surface area contributed by atoms with Crippen molar-refractivity contribution in [3.05, 3.63) is 36.2 Å². The van der Waals surface area contributed by atoms with Gasteiger partial charge in [0.25, 0.3) is 12.3 Å². The van der Waals surface area contributed by atoms with Gasteiger partial charge in [-0.3, -0.25) is 4.79 Å². The van der Waals surface area contributed by atoms with Crippen molar-refractivity contribution in [2.45, 2.75) is 64.1 Å². The van der Waals surface area contributed by atoms with Gasteiger partial charge in [0.15, 0.2) is 5.60 Å². The smallest absolute Gasteiger partial charge is 0.266 e. The summed E-state index contributed by atoms with van der Waals surface area (Å²) in [7, 11) is 0. The largest absolute Gasteiger partial charge is 0.478 e. The standard InChI is InChI=1S/C22H29F2N5O2/c1-14-4-6-16(7-5-14)31-22(2,3)20(30)28-10-8-15(9-11-28)17-12-18(19(23)24)29-21(27-17)25-13-26-29/h4-7,13,15,17-19H,8-12H2,1-3H3,(H,25,26,27)/t17-,18+/m0/s1. The molecule has 0 unspecified atom stereocenters. The number of carbonyl (C=O) groups excluding carboxylic acids is 1. The number of rotatable bonds is 5. The predicted molar refractivity (Wildman–Crippen MR) is 112 cm³/mol. The Morgan fingerprint density at radius 1 is 1.23 bits per heavy atom. The van der Waals surface area contributed by atoms with Crippen LogP contribution in [-0.4, -0.2) is 56.7 Å². The second kappa shape index (κ2) is 8.43. The SMILES string of the molecule is Cc1ccc(OC(C)(C)C(=O)N2CCC([C@@H]3C[C@H](C(F)F)n4ncnc4N3)CC2)cc1. The molecule has 4 rings (SSSR count). The molecule has 3 heterocycles. The number of amides is 1. The second-order valence-electron chi connectivity index (χ2n) is 8.97. The summed E-state index contributed by atoms with van der Waals surface area (Å²) in [6.45, 7) is 6.72. The highest BCUT2D eigenvalue weighted by Crippen LogP contribution is 2.36. The molecule has 0 saturated carbocycles. The third-order valence-electron chi connectivity index (χ3n) is 6.29. The Hall–Kier alpha value is -2.71. The van der Waals surface area contributed by atoms with E-state index in [4.69, 9.17) is 4.74 Å². The lowest BCUT2D eigenvalue weighted by atomic mass is 9.84. The van der Waals surface area contributed by atoms with Gasteiger partial charge in [0.1, 0.15) is 18.1 Å². The summed E-state index contributed by atoms with van der Waals surface area (Å²) in [6, 6.07) is 6.56. The number of anilines is 1. The van der Waals surface area contributed by atoms with Gasteiger partial charge in [-0.05, 0) is 58.1 Å². The van der Waals surface area contributed by atoms with Crippen LogP contribution in [-0.2, 0) is 4.79 Å². The molecule has 2 atom stereocenters. The zero-order chi connectivity index (χ0) is 22.2. The molecule has 1 fully saturated rings. The molecule has 7 nitrogen and oxygen atoms in total. The van der Waals surface area contributed by atoms with Crippen molar-refractivity contribution >= 4 is 11.9 Å². The third kappa shape index (κ3) is 4.50. The van der Waals surface area contributed by atoms with Crippen molar-refractivity contribution in [1.29, 1.82) is 0 Å². The summed E-state index contributed by atoms with van der Waals surface area (Å²) in [6.07, 6.45) is 0.598. The van der Waals surface area contributed by atoms with Crippen LogP contribution >= 0.6 is 0 Å². The van der Waals surface area contributed by atoms with E-state index >= 15 is 0 Å². The molecule has 9 heteroatoms. The molecular formula is C22H29F2N5O2. The minimum Gasteiger partial charge on any atom is -0.478 e. The molecule has 168 valence electrons. The Bertz CT molecular complexity index is 907. The number of halogens is 2. The summed E-state index contributed by atoms with van der Waals surface area (Å²) < 4.78 is 34.3. The summed E-state index contributed by atoms with van der Waals surface area (Å²) in [5, 5.41) is 7.21. The van der Waals surface area contributed by atoms with Crippen LogP contribution < -0.4 is 10.1 Å². The van der Waals surface area contributed by atoms with E-state index in [1.165, 1.54) is 11.0 Å². The van der Waals surface area contributed by atoms with Gasteiger partial charge < -0.3 is 15.0 Å². The van der Waals surface area contributed by atoms with E-state index in [-0.39, 0.29) is 17.9 Å². The van der Waals surface area contributed by atoms with Crippen LogP contribution in [0.1, 0.15) is 44.7 Å². The number of aromatic nitrogens is 3. The van der Waals surface area contributed by atoms with Gasteiger partial charge >= 0.3 is 0 Å². The van der Waals surface area contributed by atoms with Crippen LogP contribution in [0.4, 0.5) is 14.7 Å². The van der Waals surface area contributed by atoms with Gasteiger partial charge in [-0.25, -0.2) is 13.5 Å². The van der Waals surface area contributed by atoms with E-state index in [2.05, 4.69) is 15.4 Å². The van der Waals surface area contributed by atoms with Crippen LogP contribution in [0.5, 0.6) is 5.75 Å². The van der Waals surface area contributed by atoms with Crippen LogP contribution in [0.25, 0.3) is 0 Å². The number of piperidine rings is 1. The lowest BCUT2D eigenvalue weighted by Gasteiger charge is -2.41. The van der Waals surface area contributed by atoms with Gasteiger partial charge in [0.05, 0.1) is 0 Å². The molecular weight excluding hydrogens is 404 g/mol. The van der Waals surface area contributed by atoms with E-state index in [0.717, 1.165) is 18.4 Å². The third-order valence-corrected chi connectivity index (χ3v) is 6.29. The molecule has 0 bridgehead atoms. The Kier molecular flexibility index (Phi) is 5.85. The highest BCUT2D eigenvalue weighted by Gasteiger charge is 2.40. The highest BCUT2D eigenvalue weighted by molar-refractivity contribution is 5.85. The quantitative estimate of drug-likeness (QED) is 0.779. The monoisotopic (exact) mass is 433 g/mol. The Morgan fingerprint density at radius 2 is 1.90 bits per heavy atom. The molecule has 1 aromatic carbocycles. The number of aryl methyl sites for hydroxylation is 1. The Labute approximate surface area is 180 Å². The molecule has 1 amide bonds. The lowest BCUT2D eigenvalue weighted by molar-refractivity contribution is -0.147. The normalized spacial score (nSPS) is 22.2. The number of carbonyl (C=O) groups is 1. The van der Waals surface area contributed by atoms with Gasteiger partial charge in [0, 0.05) is 19.1 Å². The molecule has 0 radical (unpaired) electrons. The molecule has 2 aromatic rings. The average Bonchev–Trinajstić information content (AvgIpc) is 3.22. The number of benzene rings is 1. The van der Waals surface area contributed by atoms with Crippen molar-refractivity contribution in [1.82, 2.24) is 19.7 Å². The fraction of sp³-hybridized carbons (Fsp3) is 0.591. The first-order valence-corrected chi connectivity index (χ1v) is 10.7. The predicted octanol–water partition coefficient (Wildman–Crippen LogP) is 3.67. The van der Waals surface area contributed by atoms with Crippen molar-refractivity contribution < 1.29 is 18.3 Å². The first-order chi connectivity index (χ1) is 14.7. The van der Waals surface area contributed by atoms with Crippen LogP contribution in [0.15, 0.2) is 30.6 Å². The molecule has 0 spiro atoms. The maximum absolute atomic E-state index is 13.5. The summed E-state index contributed by atoms with van der Waals surface area (Å²) in [5.74, 6) is 1.19. The van der Waals surface area contributed by atoms with Crippen molar-refractivity contribution in [2.24, 2.45) is 5.92 Å². The van der Waals surface area contributed by atoms with E-state index < -0.39 is 18.1 Å². The van der Waals surface area contributed by atoms with Crippen molar-refractivity contribution in [3.8, 4) is 5.75 Å². The fourth-order valence-corrected chi connectivity index (χ4v) is 4.53. The van der Waals surface area contributed by atoms with E-state index in [9.17, 15) is 13.6 Å². The van der Waals surface area contributed by atoms with Gasteiger partial charge in [0.2, 0.25) is 5.95 Å². The minimum atomic E-state index is -2.49. The Morgan fingerprint density at radius 3 is 2.55 bits per heavy atom.